The lowest BCUT2D eigenvalue weighted by atomic mass is 10.0. The maximum atomic E-state index is 12.6. The number of amides is 1. The molecule has 0 saturated carbocycles. The summed E-state index contributed by atoms with van der Waals surface area (Å²) in [6.07, 6.45) is 0.512. The summed E-state index contributed by atoms with van der Waals surface area (Å²) in [5.74, 6) is -0.0749. The van der Waals surface area contributed by atoms with Crippen molar-refractivity contribution in [2.24, 2.45) is 0 Å². The van der Waals surface area contributed by atoms with E-state index in [2.05, 4.69) is 22.6 Å². The Labute approximate surface area is 142 Å². The van der Waals surface area contributed by atoms with Gasteiger partial charge in [0.25, 0.3) is 11.6 Å². The normalized spacial score (nSPS) is 19.9. The highest BCUT2D eigenvalue weighted by atomic mass is 32.1. The molecule has 8 heteroatoms. The second-order valence-electron chi connectivity index (χ2n) is 6.10. The molecule has 2 aromatic rings. The lowest BCUT2D eigenvalue weighted by molar-refractivity contribution is -0.384. The Balaban J connectivity index is 1.64. The lowest BCUT2D eigenvalue weighted by Gasteiger charge is -2.27. The van der Waals surface area contributed by atoms with Gasteiger partial charge in [-0.15, -0.1) is 11.3 Å². The quantitative estimate of drug-likeness (QED) is 0.646. The molecule has 1 aromatic heterocycles. The van der Waals surface area contributed by atoms with Crippen molar-refractivity contribution in [3.63, 3.8) is 0 Å². The maximum absolute atomic E-state index is 12.6. The molecule has 0 saturated heterocycles. The number of carbonyl (C=O) groups is 1. The number of thiophene rings is 1. The van der Waals surface area contributed by atoms with Gasteiger partial charge in [-0.05, 0) is 36.7 Å². The van der Waals surface area contributed by atoms with Crippen LogP contribution >= 0.6 is 11.3 Å². The van der Waals surface area contributed by atoms with Crippen LogP contribution in [0.1, 0.15) is 32.5 Å². The van der Waals surface area contributed by atoms with Crippen LogP contribution in [0.3, 0.4) is 0 Å². The predicted octanol–water partition coefficient (Wildman–Crippen LogP) is 2.50. The van der Waals surface area contributed by atoms with E-state index in [-0.39, 0.29) is 17.8 Å². The number of hydrogen-bond donors (Lipinski definition) is 2. The predicted molar refractivity (Wildman–Crippen MR) is 91.3 cm³/mol. The monoisotopic (exact) mass is 344 g/mol. The van der Waals surface area contributed by atoms with Crippen LogP contribution in [-0.2, 0) is 13.0 Å². The van der Waals surface area contributed by atoms with Gasteiger partial charge in [0.05, 0.1) is 10.5 Å². The number of rotatable bonds is 2. The molecule has 0 aliphatic carbocycles. The first-order chi connectivity index (χ1) is 11.5. The van der Waals surface area contributed by atoms with Gasteiger partial charge in [-0.2, -0.15) is 0 Å². The third-order valence-corrected chi connectivity index (χ3v) is 5.61. The van der Waals surface area contributed by atoms with Crippen LogP contribution in [0.15, 0.2) is 24.3 Å². The van der Waals surface area contributed by atoms with Gasteiger partial charge in [0.2, 0.25) is 0 Å². The number of nitrogens with zero attached hydrogens (tertiary/aromatic N) is 2. The summed E-state index contributed by atoms with van der Waals surface area (Å²) in [5, 5.41) is 18.0. The average Bonchev–Trinajstić information content (AvgIpc) is 2.92. The van der Waals surface area contributed by atoms with Crippen LogP contribution in [0, 0.1) is 10.1 Å². The Bertz CT molecular complexity index is 831. The molecule has 2 aliphatic heterocycles. The Hall–Kier alpha value is -2.45. The van der Waals surface area contributed by atoms with Crippen LogP contribution in [-0.4, -0.2) is 29.3 Å². The summed E-state index contributed by atoms with van der Waals surface area (Å²) < 4.78 is 0. The first kappa shape index (κ1) is 15.1. The van der Waals surface area contributed by atoms with E-state index in [1.807, 2.05) is 0 Å². The van der Waals surface area contributed by atoms with Crippen molar-refractivity contribution in [2.75, 3.05) is 18.9 Å². The van der Waals surface area contributed by atoms with E-state index >= 15 is 0 Å². The molecule has 1 atom stereocenters. The number of nitro benzene ring substituents is 1. The Morgan fingerprint density at radius 2 is 2.04 bits per heavy atom. The zero-order valence-electron chi connectivity index (χ0n) is 13.0. The molecule has 124 valence electrons. The van der Waals surface area contributed by atoms with E-state index in [0.29, 0.717) is 0 Å². The van der Waals surface area contributed by atoms with Crippen LogP contribution in [0.25, 0.3) is 0 Å². The largest absolute Gasteiger partial charge is 0.353 e. The van der Waals surface area contributed by atoms with Gasteiger partial charge in [0, 0.05) is 30.1 Å². The molecule has 4 rings (SSSR count). The third-order valence-electron chi connectivity index (χ3n) is 4.46. The highest BCUT2D eigenvalue weighted by Gasteiger charge is 2.32. The first-order valence-corrected chi connectivity index (χ1v) is 8.49. The summed E-state index contributed by atoms with van der Waals surface area (Å²) in [6.45, 7) is 1.82. The van der Waals surface area contributed by atoms with E-state index in [1.54, 1.807) is 23.5 Å². The molecule has 2 N–H and O–H groups in total. The second-order valence-corrected chi connectivity index (χ2v) is 7.20. The molecule has 0 unspecified atom stereocenters. The van der Waals surface area contributed by atoms with Gasteiger partial charge in [0.1, 0.15) is 11.2 Å². The minimum absolute atomic E-state index is 0.0381. The second kappa shape index (κ2) is 5.57. The van der Waals surface area contributed by atoms with Gasteiger partial charge in [0.15, 0.2) is 0 Å². The molecule has 7 nitrogen and oxygen atoms in total. The number of benzene rings is 1. The molecular formula is C16H16N4O3S. The third kappa shape index (κ3) is 2.44. The number of hydrogen-bond acceptors (Lipinski definition) is 6. The minimum atomic E-state index is -0.432. The standard InChI is InChI=1S/C16H16N4O3S/c1-19-7-6-11-12(8-19)24-16-13(11)15(21)17-14(18-16)9-2-4-10(5-3-9)20(22)23/h2-5,14,18H,6-8H2,1H3,(H,17,21)/t14-/m1/s1. The molecule has 0 radical (unpaired) electrons. The van der Waals surface area contributed by atoms with Crippen molar-refractivity contribution in [1.29, 1.82) is 0 Å². The van der Waals surface area contributed by atoms with Crippen molar-refractivity contribution in [3.8, 4) is 0 Å². The molecule has 2 aliphatic rings. The number of non-ortho nitro benzene ring substituents is 1. The van der Waals surface area contributed by atoms with Crippen molar-refractivity contribution in [2.45, 2.75) is 19.1 Å². The van der Waals surface area contributed by atoms with Crippen LogP contribution < -0.4 is 10.6 Å². The number of fused-ring (bicyclic) bond motifs is 3. The summed E-state index contributed by atoms with van der Waals surface area (Å²) in [5.41, 5.74) is 2.75. The highest BCUT2D eigenvalue weighted by Crippen LogP contribution is 2.40. The zero-order chi connectivity index (χ0) is 16.8. The van der Waals surface area contributed by atoms with E-state index in [4.69, 9.17) is 0 Å². The fraction of sp³-hybridized carbons (Fsp3) is 0.312. The summed E-state index contributed by atoms with van der Waals surface area (Å²) in [4.78, 5) is 26.4. The zero-order valence-corrected chi connectivity index (χ0v) is 13.9. The van der Waals surface area contributed by atoms with E-state index < -0.39 is 4.92 Å². The maximum Gasteiger partial charge on any atom is 0.269 e. The average molecular weight is 344 g/mol. The van der Waals surface area contributed by atoms with E-state index in [9.17, 15) is 14.9 Å². The molecule has 0 fully saturated rings. The molecule has 1 amide bonds. The van der Waals surface area contributed by atoms with Crippen LogP contribution in [0.5, 0.6) is 0 Å². The van der Waals surface area contributed by atoms with Crippen LogP contribution in [0.4, 0.5) is 10.7 Å². The van der Waals surface area contributed by atoms with Crippen molar-refractivity contribution >= 4 is 27.9 Å². The fourth-order valence-electron chi connectivity index (χ4n) is 3.20. The summed E-state index contributed by atoms with van der Waals surface area (Å²) >= 11 is 1.63. The molecule has 0 spiro atoms. The number of nitro groups is 1. The number of likely N-dealkylation sites (N-methyl/N-ethyl adjacent to an activating group) is 1. The Kier molecular flexibility index (Phi) is 3.50. The Morgan fingerprint density at radius 3 is 2.75 bits per heavy atom. The molecule has 1 aromatic carbocycles. The number of carbonyl (C=O) groups excluding carboxylic acids is 1. The van der Waals surface area contributed by atoms with Crippen molar-refractivity contribution < 1.29 is 9.72 Å². The highest BCUT2D eigenvalue weighted by molar-refractivity contribution is 7.16. The van der Waals surface area contributed by atoms with E-state index in [1.165, 1.54) is 17.0 Å². The molecular weight excluding hydrogens is 328 g/mol. The first-order valence-electron chi connectivity index (χ1n) is 7.68. The van der Waals surface area contributed by atoms with Gasteiger partial charge >= 0.3 is 0 Å². The molecule has 3 heterocycles. The van der Waals surface area contributed by atoms with Gasteiger partial charge in [-0.25, -0.2) is 0 Å². The van der Waals surface area contributed by atoms with Gasteiger partial charge in [-0.1, -0.05) is 0 Å². The Morgan fingerprint density at radius 1 is 1.29 bits per heavy atom. The smallest absolute Gasteiger partial charge is 0.269 e. The SMILES string of the molecule is CN1CCc2c(sc3c2C(=O)N[C@@H](c2ccc([N+](=O)[O-])cc2)N3)C1. The molecule has 0 bridgehead atoms. The number of nitrogens with one attached hydrogen (secondary N) is 2. The van der Waals surface area contributed by atoms with Crippen molar-refractivity contribution in [1.82, 2.24) is 10.2 Å². The number of anilines is 1. The summed E-state index contributed by atoms with van der Waals surface area (Å²) in [7, 11) is 2.08. The lowest BCUT2D eigenvalue weighted by Crippen LogP contribution is -2.38. The summed E-state index contributed by atoms with van der Waals surface area (Å²) in [6, 6.07) is 6.24. The van der Waals surface area contributed by atoms with E-state index in [0.717, 1.165) is 41.2 Å². The van der Waals surface area contributed by atoms with Gasteiger partial charge in [-0.3, -0.25) is 14.9 Å². The van der Waals surface area contributed by atoms with Crippen molar-refractivity contribution in [3.05, 3.63) is 55.9 Å². The topological polar surface area (TPSA) is 87.5 Å². The minimum Gasteiger partial charge on any atom is -0.353 e. The fourth-order valence-corrected chi connectivity index (χ4v) is 4.55. The van der Waals surface area contributed by atoms with Gasteiger partial charge < -0.3 is 15.5 Å². The molecule has 24 heavy (non-hydrogen) atoms. The van der Waals surface area contributed by atoms with Crippen LogP contribution in [0.2, 0.25) is 0 Å².